The predicted molar refractivity (Wildman–Crippen MR) is 94.9 cm³/mol. The van der Waals surface area contributed by atoms with Crippen LogP contribution in [0.4, 0.5) is 5.69 Å². The van der Waals surface area contributed by atoms with Crippen LogP contribution in [0.15, 0.2) is 42.5 Å². The van der Waals surface area contributed by atoms with E-state index >= 15 is 0 Å². The van der Waals surface area contributed by atoms with E-state index < -0.39 is 6.10 Å². The second kappa shape index (κ2) is 7.49. The number of para-hydroxylation sites is 1. The van der Waals surface area contributed by atoms with Crippen LogP contribution in [0.3, 0.4) is 0 Å². The highest BCUT2D eigenvalue weighted by molar-refractivity contribution is 6.03. The number of hydrogen-bond acceptors (Lipinski definition) is 4. The van der Waals surface area contributed by atoms with Gasteiger partial charge in [-0.05, 0) is 55.5 Å². The highest BCUT2D eigenvalue weighted by atomic mass is 16.5. The van der Waals surface area contributed by atoms with Crippen LogP contribution in [0.25, 0.3) is 0 Å². The predicted octanol–water partition coefficient (Wildman–Crippen LogP) is 3.28. The molecule has 5 heteroatoms. The van der Waals surface area contributed by atoms with E-state index in [1.54, 1.807) is 24.3 Å². The number of ether oxygens (including phenoxy) is 1. The summed E-state index contributed by atoms with van der Waals surface area (Å²) in [5, 5.41) is 12.8. The molecule has 0 bridgehead atoms. The molecule has 0 saturated carbocycles. The zero-order valence-electron chi connectivity index (χ0n) is 14.1. The lowest BCUT2D eigenvalue weighted by Gasteiger charge is -2.23. The van der Waals surface area contributed by atoms with Crippen LogP contribution >= 0.6 is 0 Å². The van der Waals surface area contributed by atoms with Gasteiger partial charge in [0.25, 0.3) is 5.91 Å². The van der Waals surface area contributed by atoms with Gasteiger partial charge in [0.05, 0.1) is 11.8 Å². The van der Waals surface area contributed by atoms with Crippen molar-refractivity contribution in [2.75, 3.05) is 11.9 Å². The first-order valence-corrected chi connectivity index (χ1v) is 8.38. The summed E-state index contributed by atoms with van der Waals surface area (Å²) in [4.78, 5) is 23.8. The minimum absolute atomic E-state index is 0.108. The Morgan fingerprint density at radius 3 is 2.80 bits per heavy atom. The summed E-state index contributed by atoms with van der Waals surface area (Å²) in [6, 6.07) is 12.4. The standard InChI is InChI=1S/C20H21NO4/c1-13(22)14-6-2-3-9-17(14)21-20(24)12-25-19-11-5-7-15-16(19)8-4-10-18(15)23/h2-3,5-7,9,11,18,23H,4,8,10,12H2,1H3,(H,21,24)/t18-/m0/s1. The third kappa shape index (κ3) is 3.88. The first kappa shape index (κ1) is 17.2. The van der Waals surface area contributed by atoms with Crippen LogP contribution in [0, 0.1) is 0 Å². The Kier molecular flexibility index (Phi) is 5.14. The van der Waals surface area contributed by atoms with Crippen molar-refractivity contribution < 1.29 is 19.4 Å². The third-order valence-corrected chi connectivity index (χ3v) is 4.37. The number of carbonyl (C=O) groups is 2. The maximum Gasteiger partial charge on any atom is 0.262 e. The fourth-order valence-electron chi connectivity index (χ4n) is 3.15. The largest absolute Gasteiger partial charge is 0.483 e. The van der Waals surface area contributed by atoms with Crippen LogP contribution in [0.2, 0.25) is 0 Å². The van der Waals surface area contributed by atoms with Gasteiger partial charge in [-0.25, -0.2) is 0 Å². The van der Waals surface area contributed by atoms with Crippen LogP contribution in [-0.2, 0) is 11.2 Å². The average molecular weight is 339 g/mol. The quantitative estimate of drug-likeness (QED) is 0.820. The van der Waals surface area contributed by atoms with E-state index in [1.807, 2.05) is 18.2 Å². The third-order valence-electron chi connectivity index (χ3n) is 4.37. The molecule has 1 aliphatic rings. The molecule has 0 fully saturated rings. The Morgan fingerprint density at radius 2 is 2.00 bits per heavy atom. The Hall–Kier alpha value is -2.66. The molecule has 25 heavy (non-hydrogen) atoms. The van der Waals surface area contributed by atoms with Crippen molar-refractivity contribution in [2.45, 2.75) is 32.3 Å². The molecule has 0 radical (unpaired) electrons. The molecule has 0 unspecified atom stereocenters. The van der Waals surface area contributed by atoms with Crippen molar-refractivity contribution in [2.24, 2.45) is 0 Å². The van der Waals surface area contributed by atoms with Gasteiger partial charge in [0.15, 0.2) is 12.4 Å². The number of carbonyl (C=O) groups excluding carboxylic acids is 2. The lowest BCUT2D eigenvalue weighted by molar-refractivity contribution is -0.118. The maximum atomic E-state index is 12.2. The zero-order chi connectivity index (χ0) is 17.8. The van der Waals surface area contributed by atoms with Gasteiger partial charge in [0.2, 0.25) is 0 Å². The number of anilines is 1. The van der Waals surface area contributed by atoms with Crippen LogP contribution in [-0.4, -0.2) is 23.4 Å². The zero-order valence-corrected chi connectivity index (χ0v) is 14.1. The fraction of sp³-hybridized carbons (Fsp3) is 0.300. The highest BCUT2D eigenvalue weighted by Crippen LogP contribution is 2.35. The second-order valence-electron chi connectivity index (χ2n) is 6.17. The normalized spacial score (nSPS) is 16.0. The summed E-state index contributed by atoms with van der Waals surface area (Å²) in [7, 11) is 0. The van der Waals surface area contributed by atoms with Gasteiger partial charge in [-0.1, -0.05) is 24.3 Å². The number of fused-ring (bicyclic) bond motifs is 1. The summed E-state index contributed by atoms with van der Waals surface area (Å²) < 4.78 is 5.68. The summed E-state index contributed by atoms with van der Waals surface area (Å²) in [5.74, 6) is 0.192. The van der Waals surface area contributed by atoms with E-state index in [1.165, 1.54) is 6.92 Å². The first-order valence-electron chi connectivity index (χ1n) is 8.38. The molecule has 1 atom stereocenters. The average Bonchev–Trinajstić information content (AvgIpc) is 2.60. The van der Waals surface area contributed by atoms with E-state index in [-0.39, 0.29) is 18.3 Å². The highest BCUT2D eigenvalue weighted by Gasteiger charge is 2.21. The minimum Gasteiger partial charge on any atom is -0.483 e. The van der Waals surface area contributed by atoms with Crippen LogP contribution in [0.1, 0.15) is 47.4 Å². The maximum absolute atomic E-state index is 12.2. The van der Waals surface area contributed by atoms with Gasteiger partial charge in [-0.15, -0.1) is 0 Å². The number of aliphatic hydroxyl groups is 1. The molecular weight excluding hydrogens is 318 g/mol. The molecule has 1 aliphatic carbocycles. The summed E-state index contributed by atoms with van der Waals surface area (Å²) in [6.45, 7) is 1.31. The lowest BCUT2D eigenvalue weighted by atomic mass is 9.89. The molecule has 130 valence electrons. The molecule has 0 saturated heterocycles. The van der Waals surface area contributed by atoms with Gasteiger partial charge >= 0.3 is 0 Å². The SMILES string of the molecule is CC(=O)c1ccccc1NC(=O)COc1cccc2c1CCC[C@@H]2O. The number of aliphatic hydroxyl groups excluding tert-OH is 1. The number of Topliss-reactive ketones (excluding diaryl/α,β-unsaturated/α-hetero) is 1. The molecule has 2 aromatic rings. The van der Waals surface area contributed by atoms with Crippen molar-refractivity contribution in [3.05, 3.63) is 59.2 Å². The number of hydrogen-bond donors (Lipinski definition) is 2. The van der Waals surface area contributed by atoms with Crippen molar-refractivity contribution in [1.82, 2.24) is 0 Å². The smallest absolute Gasteiger partial charge is 0.262 e. The van der Waals surface area contributed by atoms with Gasteiger partial charge < -0.3 is 15.2 Å². The number of amides is 1. The monoisotopic (exact) mass is 339 g/mol. The molecule has 2 aromatic carbocycles. The van der Waals surface area contributed by atoms with Gasteiger partial charge in [0.1, 0.15) is 5.75 Å². The Labute approximate surface area is 146 Å². The topological polar surface area (TPSA) is 75.6 Å². The van der Waals surface area contributed by atoms with Gasteiger partial charge in [-0.2, -0.15) is 0 Å². The van der Waals surface area contributed by atoms with Crippen molar-refractivity contribution in [3.8, 4) is 5.75 Å². The van der Waals surface area contributed by atoms with Crippen molar-refractivity contribution in [1.29, 1.82) is 0 Å². The first-order chi connectivity index (χ1) is 12.1. The van der Waals surface area contributed by atoms with E-state index in [0.29, 0.717) is 17.0 Å². The summed E-state index contributed by atoms with van der Waals surface area (Å²) >= 11 is 0. The van der Waals surface area contributed by atoms with Gasteiger partial charge in [0, 0.05) is 5.56 Å². The number of ketones is 1. The Balaban J connectivity index is 1.68. The van der Waals surface area contributed by atoms with E-state index in [9.17, 15) is 14.7 Å². The molecule has 5 nitrogen and oxygen atoms in total. The molecular formula is C20H21NO4. The molecule has 1 amide bonds. The van der Waals surface area contributed by atoms with Crippen molar-refractivity contribution in [3.63, 3.8) is 0 Å². The summed E-state index contributed by atoms with van der Waals surface area (Å²) in [6.07, 6.45) is 2.01. The van der Waals surface area contributed by atoms with E-state index in [4.69, 9.17) is 4.74 Å². The Morgan fingerprint density at radius 1 is 1.20 bits per heavy atom. The van der Waals surface area contributed by atoms with E-state index in [2.05, 4.69) is 5.32 Å². The van der Waals surface area contributed by atoms with Crippen LogP contribution < -0.4 is 10.1 Å². The Bertz CT molecular complexity index is 800. The number of benzene rings is 2. The number of rotatable bonds is 5. The van der Waals surface area contributed by atoms with Crippen LogP contribution in [0.5, 0.6) is 5.75 Å². The lowest BCUT2D eigenvalue weighted by Crippen LogP contribution is -2.22. The second-order valence-corrected chi connectivity index (χ2v) is 6.17. The summed E-state index contributed by atoms with van der Waals surface area (Å²) in [5.41, 5.74) is 2.80. The van der Waals surface area contributed by atoms with E-state index in [0.717, 1.165) is 30.4 Å². The van der Waals surface area contributed by atoms with Crippen molar-refractivity contribution >= 4 is 17.4 Å². The minimum atomic E-state index is -0.469. The molecule has 0 heterocycles. The number of nitrogens with one attached hydrogen (secondary N) is 1. The van der Waals surface area contributed by atoms with Gasteiger partial charge in [-0.3, -0.25) is 9.59 Å². The fourth-order valence-corrected chi connectivity index (χ4v) is 3.15. The molecule has 0 spiro atoms. The molecule has 3 rings (SSSR count). The molecule has 2 N–H and O–H groups in total. The molecule has 0 aliphatic heterocycles. The molecule has 0 aromatic heterocycles.